The van der Waals surface area contributed by atoms with E-state index in [0.717, 1.165) is 101 Å². The number of hydrogen-bond acceptors (Lipinski definition) is 7. The summed E-state index contributed by atoms with van der Waals surface area (Å²) in [6.07, 6.45) is 11.8. The molecule has 0 atom stereocenters. The predicted molar refractivity (Wildman–Crippen MR) is 165 cm³/mol. The summed E-state index contributed by atoms with van der Waals surface area (Å²) in [5.74, 6) is 0.967. The van der Waals surface area contributed by atoms with Crippen molar-refractivity contribution in [2.45, 2.75) is 26.1 Å². The molecular weight excluding hydrogens is 496 g/mol. The van der Waals surface area contributed by atoms with E-state index >= 15 is 0 Å². The molecule has 5 rings (SSSR count). The molecule has 2 aromatic carbocycles. The third-order valence-corrected chi connectivity index (χ3v) is 7.12. The van der Waals surface area contributed by atoms with Crippen molar-refractivity contribution in [2.75, 3.05) is 52.4 Å². The van der Waals surface area contributed by atoms with Gasteiger partial charge in [0.2, 0.25) is 0 Å². The Balaban J connectivity index is 1.08. The van der Waals surface area contributed by atoms with Crippen LogP contribution in [0.5, 0.6) is 0 Å². The number of H-pyrrole nitrogens is 1. The number of aromatic nitrogens is 2. The molecule has 1 aromatic heterocycles. The molecule has 5 N–H and O–H groups in total. The molecule has 3 heterocycles. The van der Waals surface area contributed by atoms with Gasteiger partial charge in [0.25, 0.3) is 0 Å². The van der Waals surface area contributed by atoms with Gasteiger partial charge in [-0.1, -0.05) is 54.6 Å². The summed E-state index contributed by atoms with van der Waals surface area (Å²) in [6, 6.07) is 17.1. The Morgan fingerprint density at radius 2 is 1.65 bits per heavy atom. The number of imidazole rings is 1. The molecule has 0 radical (unpaired) electrons. The zero-order valence-electron chi connectivity index (χ0n) is 23.3. The number of nitrogens with zero attached hydrogens (tertiary/aromatic N) is 3. The highest BCUT2D eigenvalue weighted by molar-refractivity contribution is 5.97. The Morgan fingerprint density at radius 1 is 0.825 bits per heavy atom. The van der Waals surface area contributed by atoms with E-state index in [2.05, 4.69) is 102 Å². The number of aliphatic imine (C=N–C) groups is 1. The van der Waals surface area contributed by atoms with Gasteiger partial charge in [0.1, 0.15) is 5.82 Å². The van der Waals surface area contributed by atoms with Crippen molar-refractivity contribution in [3.63, 3.8) is 0 Å². The summed E-state index contributed by atoms with van der Waals surface area (Å²) >= 11 is 0. The van der Waals surface area contributed by atoms with Crippen molar-refractivity contribution in [3.05, 3.63) is 102 Å². The third kappa shape index (κ3) is 8.99. The molecule has 0 fully saturated rings. The van der Waals surface area contributed by atoms with Crippen LogP contribution in [0.15, 0.2) is 89.6 Å². The number of para-hydroxylation sites is 2. The van der Waals surface area contributed by atoms with E-state index in [4.69, 9.17) is 0 Å². The fourth-order valence-corrected chi connectivity index (χ4v) is 4.91. The highest BCUT2D eigenvalue weighted by Crippen LogP contribution is 2.11. The van der Waals surface area contributed by atoms with E-state index in [1.165, 1.54) is 16.8 Å². The van der Waals surface area contributed by atoms with Gasteiger partial charge in [-0.25, -0.2) is 4.98 Å². The first-order valence-corrected chi connectivity index (χ1v) is 14.5. The van der Waals surface area contributed by atoms with Crippen LogP contribution in [0, 0.1) is 0 Å². The smallest absolute Gasteiger partial charge is 0.121 e. The first kappa shape index (κ1) is 28.0. The topological polar surface area (TPSA) is 92.4 Å². The molecule has 0 aliphatic carbocycles. The monoisotopic (exact) mass is 538 g/mol. The fraction of sp³-hybridized carbons (Fsp3) is 0.375. The van der Waals surface area contributed by atoms with Crippen molar-refractivity contribution < 1.29 is 0 Å². The number of benzene rings is 2. The molecular formula is C32H42N8. The van der Waals surface area contributed by atoms with Gasteiger partial charge < -0.3 is 26.3 Å². The minimum Gasteiger partial charge on any atom is -0.384 e. The number of nitrogens with one attached hydrogen (secondary N) is 5. The molecule has 2 aliphatic heterocycles. The largest absolute Gasteiger partial charge is 0.384 e. The van der Waals surface area contributed by atoms with Gasteiger partial charge in [-0.3, -0.25) is 9.89 Å². The molecule has 0 saturated carbocycles. The normalized spacial score (nSPS) is 14.9. The number of aromatic amines is 1. The second-order valence-electron chi connectivity index (χ2n) is 10.3. The van der Waals surface area contributed by atoms with Crippen LogP contribution >= 0.6 is 0 Å². The van der Waals surface area contributed by atoms with Crippen molar-refractivity contribution in [1.82, 2.24) is 36.1 Å². The number of allylic oxidation sites excluding steroid dienone is 2. The predicted octanol–water partition coefficient (Wildman–Crippen LogP) is 3.28. The highest BCUT2D eigenvalue weighted by atomic mass is 15.2. The van der Waals surface area contributed by atoms with E-state index in [-0.39, 0.29) is 0 Å². The molecule has 0 spiro atoms. The van der Waals surface area contributed by atoms with Crippen molar-refractivity contribution in [2.24, 2.45) is 4.99 Å². The first-order chi connectivity index (χ1) is 19.8. The van der Waals surface area contributed by atoms with Gasteiger partial charge >= 0.3 is 0 Å². The van der Waals surface area contributed by atoms with Crippen molar-refractivity contribution in [1.29, 1.82) is 0 Å². The number of rotatable bonds is 16. The maximum absolute atomic E-state index is 4.65. The quantitative estimate of drug-likeness (QED) is 0.180. The SMILES string of the molecule is C1=CCNC(CNCCN(CCNCC2=NCCC=C2)Cc2ccc(CNCc3nc4ccccc4[nH]3)cc2)=C1. The second kappa shape index (κ2) is 15.3. The summed E-state index contributed by atoms with van der Waals surface area (Å²) in [6.45, 7) is 9.87. The standard InChI is InChI=1S/C32H42N8/c1-2-10-31-30(9-1)38-32(39-31)24-35-21-26-11-13-27(14-12-26)25-40(19-17-33-22-28-7-3-5-15-36-28)20-18-34-23-29-8-4-6-16-37-29/h1-5,7-14,33-36H,6,15-25H2,(H,38,39). The fourth-order valence-electron chi connectivity index (χ4n) is 4.91. The number of dihydropyridines is 2. The first-order valence-electron chi connectivity index (χ1n) is 14.5. The maximum atomic E-state index is 4.65. The van der Waals surface area contributed by atoms with Gasteiger partial charge in [-0.15, -0.1) is 0 Å². The van der Waals surface area contributed by atoms with Crippen molar-refractivity contribution >= 4 is 16.7 Å². The molecule has 0 amide bonds. The number of hydrogen-bond donors (Lipinski definition) is 5. The molecule has 0 unspecified atom stereocenters. The summed E-state index contributed by atoms with van der Waals surface area (Å²) in [5.41, 5.74) is 7.12. The molecule has 8 nitrogen and oxygen atoms in total. The van der Waals surface area contributed by atoms with Crippen LogP contribution in [0.2, 0.25) is 0 Å². The summed E-state index contributed by atoms with van der Waals surface area (Å²) in [5, 5.41) is 14.1. The van der Waals surface area contributed by atoms with Crippen LogP contribution in [0.25, 0.3) is 11.0 Å². The van der Waals surface area contributed by atoms with Crippen LogP contribution < -0.4 is 21.3 Å². The zero-order valence-corrected chi connectivity index (χ0v) is 23.3. The van der Waals surface area contributed by atoms with Crippen LogP contribution in [0.4, 0.5) is 0 Å². The molecule has 8 heteroatoms. The minimum absolute atomic E-state index is 0.717. The summed E-state index contributed by atoms with van der Waals surface area (Å²) < 4.78 is 0. The molecule has 0 saturated heterocycles. The maximum Gasteiger partial charge on any atom is 0.121 e. The average Bonchev–Trinajstić information content (AvgIpc) is 3.42. The lowest BCUT2D eigenvalue weighted by Gasteiger charge is -2.23. The van der Waals surface area contributed by atoms with Gasteiger partial charge in [0, 0.05) is 76.9 Å². The van der Waals surface area contributed by atoms with Crippen LogP contribution in [-0.2, 0) is 19.6 Å². The Bertz CT molecular complexity index is 1290. The summed E-state index contributed by atoms with van der Waals surface area (Å²) in [4.78, 5) is 15.2. The Morgan fingerprint density at radius 3 is 2.42 bits per heavy atom. The lowest BCUT2D eigenvalue weighted by Crippen LogP contribution is -2.38. The Kier molecular flexibility index (Phi) is 10.7. The zero-order chi connectivity index (χ0) is 27.2. The van der Waals surface area contributed by atoms with Gasteiger partial charge in [0.15, 0.2) is 0 Å². The van der Waals surface area contributed by atoms with E-state index in [1.54, 1.807) is 0 Å². The second-order valence-corrected chi connectivity index (χ2v) is 10.3. The van der Waals surface area contributed by atoms with Crippen molar-refractivity contribution in [3.8, 4) is 0 Å². The Labute approximate surface area is 237 Å². The van der Waals surface area contributed by atoms with Crippen LogP contribution in [0.3, 0.4) is 0 Å². The van der Waals surface area contributed by atoms with Gasteiger partial charge in [-0.05, 0) is 41.8 Å². The van der Waals surface area contributed by atoms with E-state index in [1.807, 2.05) is 18.2 Å². The number of fused-ring (bicyclic) bond motifs is 1. The highest BCUT2D eigenvalue weighted by Gasteiger charge is 2.08. The lowest BCUT2D eigenvalue weighted by atomic mass is 10.1. The molecule has 40 heavy (non-hydrogen) atoms. The molecule has 210 valence electrons. The molecule has 2 aliphatic rings. The van der Waals surface area contributed by atoms with E-state index < -0.39 is 0 Å². The minimum atomic E-state index is 0.717. The van der Waals surface area contributed by atoms with Gasteiger partial charge in [0.05, 0.1) is 17.6 Å². The van der Waals surface area contributed by atoms with Gasteiger partial charge in [-0.2, -0.15) is 0 Å². The molecule has 0 bridgehead atoms. The average molecular weight is 539 g/mol. The lowest BCUT2D eigenvalue weighted by molar-refractivity contribution is 0.267. The Hall–Kier alpha value is -3.56. The third-order valence-electron chi connectivity index (χ3n) is 7.12. The van der Waals surface area contributed by atoms with Crippen LogP contribution in [-0.4, -0.2) is 72.9 Å². The van der Waals surface area contributed by atoms with E-state index in [9.17, 15) is 0 Å². The molecule has 3 aromatic rings. The van der Waals surface area contributed by atoms with E-state index in [0.29, 0.717) is 0 Å². The van der Waals surface area contributed by atoms with Crippen LogP contribution in [0.1, 0.15) is 23.4 Å². The summed E-state index contributed by atoms with van der Waals surface area (Å²) in [7, 11) is 0.